The van der Waals surface area contributed by atoms with Gasteiger partial charge in [-0.25, -0.2) is 9.18 Å². The number of nitrogens with one attached hydrogen (secondary N) is 1. The predicted octanol–water partition coefficient (Wildman–Crippen LogP) is 2.93. The summed E-state index contributed by atoms with van der Waals surface area (Å²) < 4.78 is 23.3. The fourth-order valence-corrected chi connectivity index (χ4v) is 3.04. The molecule has 5 nitrogen and oxygen atoms in total. The highest BCUT2D eigenvalue weighted by Gasteiger charge is 2.28. The fraction of sp³-hybridized carbons (Fsp3) is 0.556. The van der Waals surface area contributed by atoms with Crippen LogP contribution in [0.15, 0.2) is 18.2 Å². The molecule has 24 heavy (non-hydrogen) atoms. The average Bonchev–Trinajstić information content (AvgIpc) is 2.56. The van der Waals surface area contributed by atoms with Crippen molar-refractivity contribution < 1.29 is 23.5 Å². The summed E-state index contributed by atoms with van der Waals surface area (Å²) in [5.74, 6) is -0.714. The van der Waals surface area contributed by atoms with Crippen LogP contribution in [0.4, 0.5) is 4.39 Å². The van der Waals surface area contributed by atoms with Crippen molar-refractivity contribution in [2.75, 3.05) is 13.7 Å². The Balaban J connectivity index is 1.85. The minimum absolute atomic E-state index is 0.0424. The van der Waals surface area contributed by atoms with Crippen molar-refractivity contribution in [3.63, 3.8) is 0 Å². The first-order valence-corrected chi connectivity index (χ1v) is 8.22. The molecule has 1 aliphatic carbocycles. The first-order valence-electron chi connectivity index (χ1n) is 8.22. The topological polar surface area (TPSA) is 64.6 Å². The third-order valence-corrected chi connectivity index (χ3v) is 4.78. The number of hydrogen-bond donors (Lipinski definition) is 1. The molecule has 3 atom stereocenters. The van der Waals surface area contributed by atoms with E-state index in [9.17, 15) is 14.0 Å². The Morgan fingerprint density at radius 3 is 2.71 bits per heavy atom. The molecule has 132 valence electrons. The first-order chi connectivity index (χ1) is 11.4. The molecule has 1 aromatic rings. The lowest BCUT2D eigenvalue weighted by atomic mass is 9.78. The molecule has 0 spiro atoms. The van der Waals surface area contributed by atoms with Crippen LogP contribution in [0, 0.1) is 17.7 Å². The van der Waals surface area contributed by atoms with Gasteiger partial charge in [0.15, 0.2) is 18.2 Å². The van der Waals surface area contributed by atoms with Crippen LogP contribution < -0.4 is 10.1 Å². The molecule has 0 bridgehead atoms. The number of methoxy groups -OCH3 is 1. The minimum Gasteiger partial charge on any atom is -0.494 e. The Morgan fingerprint density at radius 1 is 1.29 bits per heavy atom. The quantitative estimate of drug-likeness (QED) is 0.839. The van der Waals surface area contributed by atoms with Gasteiger partial charge < -0.3 is 14.8 Å². The van der Waals surface area contributed by atoms with Crippen molar-refractivity contribution in [1.29, 1.82) is 0 Å². The van der Waals surface area contributed by atoms with E-state index < -0.39 is 11.8 Å². The average molecular weight is 337 g/mol. The second kappa shape index (κ2) is 8.13. The highest BCUT2D eigenvalue weighted by Crippen LogP contribution is 2.29. The zero-order chi connectivity index (χ0) is 17.7. The van der Waals surface area contributed by atoms with Gasteiger partial charge in [-0.2, -0.15) is 0 Å². The van der Waals surface area contributed by atoms with Gasteiger partial charge in [0.05, 0.1) is 12.7 Å². The molecular formula is C18H24FNO4. The molecule has 6 heteroatoms. The summed E-state index contributed by atoms with van der Waals surface area (Å²) >= 11 is 0. The number of carbonyl (C=O) groups is 2. The smallest absolute Gasteiger partial charge is 0.338 e. The summed E-state index contributed by atoms with van der Waals surface area (Å²) in [6.07, 6.45) is 3.20. The van der Waals surface area contributed by atoms with Crippen LogP contribution in [0.25, 0.3) is 0 Å². The van der Waals surface area contributed by atoms with Gasteiger partial charge in [-0.05, 0) is 36.5 Å². The predicted molar refractivity (Wildman–Crippen MR) is 87.3 cm³/mol. The van der Waals surface area contributed by atoms with Crippen LogP contribution in [-0.2, 0) is 9.53 Å². The van der Waals surface area contributed by atoms with E-state index in [2.05, 4.69) is 19.2 Å². The Hall–Kier alpha value is -2.11. The number of ether oxygens (including phenoxy) is 2. The van der Waals surface area contributed by atoms with Crippen molar-refractivity contribution in [2.45, 2.75) is 39.2 Å². The van der Waals surface area contributed by atoms with E-state index in [0.717, 1.165) is 18.9 Å². The van der Waals surface area contributed by atoms with Crippen LogP contribution >= 0.6 is 0 Å². The van der Waals surface area contributed by atoms with E-state index in [4.69, 9.17) is 9.47 Å². The van der Waals surface area contributed by atoms with Crippen molar-refractivity contribution >= 4 is 11.9 Å². The number of carbonyl (C=O) groups excluding carboxylic acids is 2. The maximum atomic E-state index is 13.6. The summed E-state index contributed by atoms with van der Waals surface area (Å²) in [5.41, 5.74) is 0.0424. The third-order valence-electron chi connectivity index (χ3n) is 4.78. The minimum atomic E-state index is -0.739. The lowest BCUT2D eigenvalue weighted by molar-refractivity contribution is -0.125. The largest absolute Gasteiger partial charge is 0.494 e. The third kappa shape index (κ3) is 4.46. The van der Waals surface area contributed by atoms with Crippen LogP contribution in [-0.4, -0.2) is 31.6 Å². The molecule has 0 unspecified atom stereocenters. The molecule has 1 N–H and O–H groups in total. The summed E-state index contributed by atoms with van der Waals surface area (Å²) in [6.45, 7) is 3.94. The second-order valence-electron chi connectivity index (χ2n) is 6.37. The summed E-state index contributed by atoms with van der Waals surface area (Å²) in [7, 11) is 1.34. The van der Waals surface area contributed by atoms with Crippen molar-refractivity contribution in [3.8, 4) is 5.75 Å². The lowest BCUT2D eigenvalue weighted by Gasteiger charge is -2.34. The number of rotatable bonds is 5. The maximum absolute atomic E-state index is 13.6. The molecule has 0 aliphatic heterocycles. The van der Waals surface area contributed by atoms with Crippen LogP contribution in [0.5, 0.6) is 5.75 Å². The Bertz CT molecular complexity index is 605. The number of halogens is 1. The van der Waals surface area contributed by atoms with Gasteiger partial charge in [0.2, 0.25) is 0 Å². The van der Waals surface area contributed by atoms with Gasteiger partial charge in [-0.15, -0.1) is 0 Å². The molecule has 2 rings (SSSR count). The Morgan fingerprint density at radius 2 is 2.04 bits per heavy atom. The fourth-order valence-electron chi connectivity index (χ4n) is 3.04. The number of hydrogen-bond acceptors (Lipinski definition) is 4. The van der Waals surface area contributed by atoms with Gasteiger partial charge >= 0.3 is 5.97 Å². The van der Waals surface area contributed by atoms with E-state index in [-0.39, 0.29) is 29.9 Å². The lowest BCUT2D eigenvalue weighted by Crippen LogP contribution is -2.45. The van der Waals surface area contributed by atoms with E-state index in [0.29, 0.717) is 11.8 Å². The van der Waals surface area contributed by atoms with E-state index >= 15 is 0 Å². The van der Waals surface area contributed by atoms with Gasteiger partial charge in [0, 0.05) is 6.04 Å². The van der Waals surface area contributed by atoms with Crippen molar-refractivity contribution in [2.24, 2.45) is 11.8 Å². The monoisotopic (exact) mass is 337 g/mol. The molecule has 0 radical (unpaired) electrons. The molecular weight excluding hydrogens is 313 g/mol. The molecule has 1 fully saturated rings. The molecule has 0 heterocycles. The maximum Gasteiger partial charge on any atom is 0.338 e. The number of esters is 1. The van der Waals surface area contributed by atoms with Crippen LogP contribution in [0.1, 0.15) is 43.5 Å². The normalized spacial score (nSPS) is 23.4. The van der Waals surface area contributed by atoms with Gasteiger partial charge in [-0.1, -0.05) is 26.7 Å². The number of amides is 1. The van der Waals surface area contributed by atoms with E-state index in [1.807, 2.05) is 0 Å². The highest BCUT2D eigenvalue weighted by molar-refractivity contribution is 5.91. The Kier molecular flexibility index (Phi) is 6.17. The van der Waals surface area contributed by atoms with Gasteiger partial charge in [0.1, 0.15) is 0 Å². The molecule has 1 aliphatic rings. The first kappa shape index (κ1) is 18.2. The van der Waals surface area contributed by atoms with Crippen molar-refractivity contribution in [3.05, 3.63) is 29.6 Å². The van der Waals surface area contributed by atoms with Crippen LogP contribution in [0.2, 0.25) is 0 Å². The van der Waals surface area contributed by atoms with Gasteiger partial charge in [-0.3, -0.25) is 4.79 Å². The highest BCUT2D eigenvalue weighted by atomic mass is 19.1. The molecule has 0 saturated heterocycles. The standard InChI is InChI=1S/C18H24FNO4/c1-11-5-4-6-15(12(11)2)20-17(21)10-24-18(22)13-7-8-16(23-3)14(19)9-13/h7-9,11-12,15H,4-6,10H2,1-3H3,(H,20,21)/t11-,12+,15+/m0/s1. The molecule has 1 saturated carbocycles. The van der Waals surface area contributed by atoms with Crippen LogP contribution in [0.3, 0.4) is 0 Å². The van der Waals surface area contributed by atoms with Gasteiger partial charge in [0.25, 0.3) is 5.91 Å². The molecule has 0 aromatic heterocycles. The van der Waals surface area contributed by atoms with E-state index in [1.54, 1.807) is 0 Å². The molecule has 1 aromatic carbocycles. The SMILES string of the molecule is COc1ccc(C(=O)OCC(=O)N[C@@H]2CCC[C@H](C)[C@H]2C)cc1F. The summed E-state index contributed by atoms with van der Waals surface area (Å²) in [4.78, 5) is 23.9. The molecule has 1 amide bonds. The number of benzene rings is 1. The zero-order valence-electron chi connectivity index (χ0n) is 14.3. The zero-order valence-corrected chi connectivity index (χ0v) is 14.3. The summed E-state index contributed by atoms with van der Waals surface area (Å²) in [6, 6.07) is 3.88. The Labute approximate surface area is 141 Å². The van der Waals surface area contributed by atoms with E-state index in [1.165, 1.54) is 25.7 Å². The second-order valence-corrected chi connectivity index (χ2v) is 6.37. The van der Waals surface area contributed by atoms with Crippen molar-refractivity contribution in [1.82, 2.24) is 5.32 Å². The summed E-state index contributed by atoms with van der Waals surface area (Å²) in [5, 5.41) is 2.93.